The molecule has 66 heavy (non-hydrogen) atoms. The first-order valence-corrected chi connectivity index (χ1v) is 22.7. The number of fused-ring (bicyclic) bond motifs is 1. The maximum absolute atomic E-state index is 7.34. The number of methoxy groups -OCH3 is 1. The molecule has 3 saturated heterocycles. The normalized spacial score (nSPS) is 27.3. The summed E-state index contributed by atoms with van der Waals surface area (Å²) in [6.45, 7) is 1.79. The Morgan fingerprint density at radius 3 is 1.29 bits per heavy atom. The SMILES string of the molecule is CO[C@H]1O[C@@H]2CO[C@@]3(O[C@@H]2[C@H](OCc2ccccc2)[C@H]1OCc1ccccc1)O[C@H](COCc1ccccc1)[C@H](OCc1ccccc1)[C@H](OCc1ccccc1)[C@H]3OCc1ccccc1. The summed E-state index contributed by atoms with van der Waals surface area (Å²) >= 11 is 0. The molecule has 3 fully saturated rings. The van der Waals surface area contributed by atoms with Gasteiger partial charge in [-0.3, -0.25) is 0 Å². The zero-order valence-corrected chi connectivity index (χ0v) is 37.2. The Kier molecular flexibility index (Phi) is 16.1. The van der Waals surface area contributed by atoms with Crippen LogP contribution in [0.5, 0.6) is 0 Å². The topological polar surface area (TPSA) is 102 Å². The second kappa shape index (κ2) is 23.1. The van der Waals surface area contributed by atoms with Crippen molar-refractivity contribution in [2.45, 2.75) is 101 Å². The van der Waals surface area contributed by atoms with E-state index in [2.05, 4.69) is 0 Å². The summed E-state index contributed by atoms with van der Waals surface area (Å²) in [5.74, 6) is -1.87. The third-order valence-corrected chi connectivity index (χ3v) is 12.0. The number of hydrogen-bond donors (Lipinski definition) is 0. The van der Waals surface area contributed by atoms with Crippen LogP contribution in [0.15, 0.2) is 182 Å². The Bertz CT molecular complexity index is 2290. The standard InChI is InChI=1S/C55H58O11/c1-56-54-52(61-36-44-28-16-6-17-29-44)50(59-34-42-24-12-4-13-25-42)49-46(64-54)39-63-55(66-49)53(62-37-45-30-18-7-19-31-45)51(60-35-43-26-14-5-15-27-43)48(58-33-41-22-10-3-11-23-41)47(65-55)38-57-32-40-20-8-2-9-21-40/h2-31,46-54H,32-39H2,1H3/t46-,47-,48+,49+,50+,51+,52-,53-,54+,55-/m1/s1. The molecular formula is C55H58O11. The monoisotopic (exact) mass is 894 g/mol. The lowest BCUT2D eigenvalue weighted by atomic mass is 9.93. The highest BCUT2D eigenvalue weighted by molar-refractivity contribution is 5.18. The first-order chi connectivity index (χ1) is 32.6. The van der Waals surface area contributed by atoms with E-state index in [9.17, 15) is 0 Å². The molecule has 0 unspecified atom stereocenters. The number of benzene rings is 6. The lowest BCUT2D eigenvalue weighted by Crippen LogP contribution is -2.75. The maximum Gasteiger partial charge on any atom is 0.314 e. The molecule has 6 aromatic carbocycles. The van der Waals surface area contributed by atoms with Gasteiger partial charge in [-0.15, -0.1) is 0 Å². The van der Waals surface area contributed by atoms with Crippen molar-refractivity contribution in [3.63, 3.8) is 0 Å². The molecule has 9 rings (SSSR count). The molecule has 11 nitrogen and oxygen atoms in total. The van der Waals surface area contributed by atoms with E-state index in [-0.39, 0.29) is 46.2 Å². The van der Waals surface area contributed by atoms with Crippen LogP contribution in [0.3, 0.4) is 0 Å². The molecule has 0 bridgehead atoms. The minimum atomic E-state index is -1.87. The van der Waals surface area contributed by atoms with Crippen molar-refractivity contribution in [2.75, 3.05) is 20.3 Å². The maximum atomic E-state index is 7.34. The van der Waals surface area contributed by atoms with Gasteiger partial charge >= 0.3 is 5.97 Å². The van der Waals surface area contributed by atoms with Crippen LogP contribution in [0.25, 0.3) is 0 Å². The molecule has 10 atom stereocenters. The van der Waals surface area contributed by atoms with E-state index in [4.69, 9.17) is 52.1 Å². The Morgan fingerprint density at radius 2 is 0.833 bits per heavy atom. The van der Waals surface area contributed by atoms with Gasteiger partial charge in [-0.25, -0.2) is 0 Å². The van der Waals surface area contributed by atoms with Crippen molar-refractivity contribution in [1.82, 2.24) is 0 Å². The predicted octanol–water partition coefficient (Wildman–Crippen LogP) is 8.97. The molecule has 6 aromatic rings. The fraction of sp³-hybridized carbons (Fsp3) is 0.345. The molecule has 0 saturated carbocycles. The van der Waals surface area contributed by atoms with E-state index >= 15 is 0 Å². The van der Waals surface area contributed by atoms with E-state index in [1.807, 2.05) is 182 Å². The van der Waals surface area contributed by atoms with Gasteiger partial charge in [-0.05, 0) is 33.4 Å². The molecule has 0 amide bonds. The molecule has 0 radical (unpaired) electrons. The van der Waals surface area contributed by atoms with Crippen LogP contribution in [0, 0.1) is 0 Å². The van der Waals surface area contributed by atoms with Gasteiger partial charge in [0, 0.05) is 7.11 Å². The van der Waals surface area contributed by atoms with Crippen LogP contribution in [0.1, 0.15) is 33.4 Å². The van der Waals surface area contributed by atoms with Crippen LogP contribution < -0.4 is 0 Å². The van der Waals surface area contributed by atoms with Crippen molar-refractivity contribution < 1.29 is 52.1 Å². The van der Waals surface area contributed by atoms with Gasteiger partial charge in [0.05, 0.1) is 52.9 Å². The Balaban J connectivity index is 1.10. The number of hydrogen-bond acceptors (Lipinski definition) is 11. The van der Waals surface area contributed by atoms with Gasteiger partial charge in [-0.2, -0.15) is 0 Å². The predicted molar refractivity (Wildman–Crippen MR) is 245 cm³/mol. The third-order valence-electron chi connectivity index (χ3n) is 12.0. The summed E-state index contributed by atoms with van der Waals surface area (Å²) in [5, 5.41) is 0. The van der Waals surface area contributed by atoms with Crippen molar-refractivity contribution in [2.24, 2.45) is 0 Å². The molecule has 344 valence electrons. The largest absolute Gasteiger partial charge is 0.374 e. The molecular weight excluding hydrogens is 837 g/mol. The molecule has 0 N–H and O–H groups in total. The first-order valence-electron chi connectivity index (χ1n) is 22.7. The Hall–Kier alpha value is -5.12. The third kappa shape index (κ3) is 11.7. The van der Waals surface area contributed by atoms with Gasteiger partial charge in [0.25, 0.3) is 0 Å². The summed E-state index contributed by atoms with van der Waals surface area (Å²) in [4.78, 5) is 0. The molecule has 1 spiro atoms. The summed E-state index contributed by atoms with van der Waals surface area (Å²) in [6.07, 6.45) is -6.97. The van der Waals surface area contributed by atoms with Crippen LogP contribution in [-0.2, 0) is 91.7 Å². The van der Waals surface area contributed by atoms with Crippen molar-refractivity contribution in [3.8, 4) is 0 Å². The average Bonchev–Trinajstić information content (AvgIpc) is 3.38. The second-order valence-corrected chi connectivity index (χ2v) is 16.7. The van der Waals surface area contributed by atoms with Gasteiger partial charge in [0.1, 0.15) is 42.7 Å². The van der Waals surface area contributed by atoms with E-state index < -0.39 is 61.1 Å². The molecule has 3 aliphatic rings. The summed E-state index contributed by atoms with van der Waals surface area (Å²) in [7, 11) is 1.60. The van der Waals surface area contributed by atoms with Crippen LogP contribution in [-0.4, -0.2) is 81.4 Å². The van der Waals surface area contributed by atoms with Gasteiger partial charge in [0.15, 0.2) is 12.4 Å². The van der Waals surface area contributed by atoms with E-state index in [0.29, 0.717) is 6.61 Å². The van der Waals surface area contributed by atoms with Gasteiger partial charge in [-0.1, -0.05) is 182 Å². The van der Waals surface area contributed by atoms with Crippen molar-refractivity contribution in [3.05, 3.63) is 215 Å². The number of ether oxygens (including phenoxy) is 11. The zero-order valence-electron chi connectivity index (χ0n) is 37.2. The molecule has 11 heteroatoms. The molecule has 0 aliphatic carbocycles. The molecule has 3 heterocycles. The minimum absolute atomic E-state index is 0.0465. The fourth-order valence-electron chi connectivity index (χ4n) is 8.68. The summed E-state index contributed by atoms with van der Waals surface area (Å²) in [5.41, 5.74) is 5.91. The molecule has 3 aliphatic heterocycles. The summed E-state index contributed by atoms with van der Waals surface area (Å²) in [6, 6.07) is 60.1. The number of rotatable bonds is 20. The van der Waals surface area contributed by atoms with Crippen molar-refractivity contribution in [1.29, 1.82) is 0 Å². The van der Waals surface area contributed by atoms with Crippen LogP contribution in [0.4, 0.5) is 0 Å². The summed E-state index contributed by atoms with van der Waals surface area (Å²) < 4.78 is 75.2. The van der Waals surface area contributed by atoms with Gasteiger partial charge < -0.3 is 52.1 Å². The van der Waals surface area contributed by atoms with E-state index in [0.717, 1.165) is 33.4 Å². The van der Waals surface area contributed by atoms with E-state index in [1.54, 1.807) is 7.11 Å². The highest BCUT2D eigenvalue weighted by Gasteiger charge is 2.65. The highest BCUT2D eigenvalue weighted by atomic mass is 16.9. The van der Waals surface area contributed by atoms with E-state index in [1.165, 1.54) is 0 Å². The fourth-order valence-corrected chi connectivity index (χ4v) is 8.68. The van der Waals surface area contributed by atoms with Crippen molar-refractivity contribution >= 4 is 0 Å². The quantitative estimate of drug-likeness (QED) is 0.0735. The van der Waals surface area contributed by atoms with Gasteiger partial charge in [0.2, 0.25) is 0 Å². The second-order valence-electron chi connectivity index (χ2n) is 16.7. The Labute approximate surface area is 387 Å². The smallest absolute Gasteiger partial charge is 0.314 e. The molecule has 0 aromatic heterocycles. The first kappa shape index (κ1) is 46.0. The minimum Gasteiger partial charge on any atom is -0.374 e. The zero-order chi connectivity index (χ0) is 44.8. The van der Waals surface area contributed by atoms with Crippen LogP contribution >= 0.6 is 0 Å². The highest BCUT2D eigenvalue weighted by Crippen LogP contribution is 2.45. The van der Waals surface area contributed by atoms with Crippen LogP contribution in [0.2, 0.25) is 0 Å². The lowest BCUT2D eigenvalue weighted by Gasteiger charge is -2.57. The Morgan fingerprint density at radius 1 is 0.439 bits per heavy atom. The average molecular weight is 895 g/mol. The lowest BCUT2D eigenvalue weighted by molar-refractivity contribution is -0.517.